The van der Waals surface area contributed by atoms with Gasteiger partial charge in [-0.05, 0) is 17.7 Å². The maximum atomic E-state index is 4.34. The molecular weight excluding hydrogens is 236 g/mol. The summed E-state index contributed by atoms with van der Waals surface area (Å²) < 4.78 is 0. The SMILES string of the molecule is [c]1cccc(-c2ncccn2)c1CN1CCNCC1. The quantitative estimate of drug-likeness (QED) is 0.896. The van der Waals surface area contributed by atoms with Gasteiger partial charge in [-0.15, -0.1) is 0 Å². The first-order valence-corrected chi connectivity index (χ1v) is 6.63. The van der Waals surface area contributed by atoms with Gasteiger partial charge in [-0.25, -0.2) is 9.97 Å². The van der Waals surface area contributed by atoms with E-state index in [1.165, 1.54) is 5.56 Å². The Morgan fingerprint density at radius 3 is 2.74 bits per heavy atom. The van der Waals surface area contributed by atoms with Crippen LogP contribution in [0.3, 0.4) is 0 Å². The molecular formula is C15H17N4. The third-order valence-electron chi connectivity index (χ3n) is 3.34. The number of rotatable bonds is 3. The number of hydrogen-bond donors (Lipinski definition) is 1. The van der Waals surface area contributed by atoms with Crippen molar-refractivity contribution in [3.8, 4) is 11.4 Å². The van der Waals surface area contributed by atoms with Crippen molar-refractivity contribution in [1.29, 1.82) is 0 Å². The number of aromatic nitrogens is 2. The summed E-state index contributed by atoms with van der Waals surface area (Å²) in [5.74, 6) is 0.782. The number of benzene rings is 1. The Balaban J connectivity index is 1.85. The van der Waals surface area contributed by atoms with Gasteiger partial charge in [0.2, 0.25) is 0 Å². The Kier molecular flexibility index (Phi) is 3.81. The van der Waals surface area contributed by atoms with Crippen molar-refractivity contribution < 1.29 is 0 Å². The molecule has 0 spiro atoms. The average Bonchev–Trinajstić information content (AvgIpc) is 2.50. The number of hydrogen-bond acceptors (Lipinski definition) is 4. The Bertz CT molecular complexity index is 521. The lowest BCUT2D eigenvalue weighted by Crippen LogP contribution is -2.42. The molecule has 2 aromatic rings. The summed E-state index contributed by atoms with van der Waals surface area (Å²) >= 11 is 0. The van der Waals surface area contributed by atoms with Gasteiger partial charge in [0.05, 0.1) is 0 Å². The van der Waals surface area contributed by atoms with E-state index in [4.69, 9.17) is 0 Å². The number of piperazine rings is 1. The highest BCUT2D eigenvalue weighted by Crippen LogP contribution is 2.20. The summed E-state index contributed by atoms with van der Waals surface area (Å²) in [6, 6.07) is 11.2. The molecule has 19 heavy (non-hydrogen) atoms. The monoisotopic (exact) mass is 253 g/mol. The maximum Gasteiger partial charge on any atom is 0.159 e. The van der Waals surface area contributed by atoms with E-state index in [2.05, 4.69) is 32.3 Å². The highest BCUT2D eigenvalue weighted by atomic mass is 15.2. The first kappa shape index (κ1) is 12.3. The van der Waals surface area contributed by atoms with Crippen LogP contribution in [0.2, 0.25) is 0 Å². The predicted octanol–water partition coefficient (Wildman–Crippen LogP) is 1.35. The maximum absolute atomic E-state index is 4.34. The highest BCUT2D eigenvalue weighted by Gasteiger charge is 2.13. The lowest BCUT2D eigenvalue weighted by atomic mass is 10.1. The van der Waals surface area contributed by atoms with Gasteiger partial charge in [-0.2, -0.15) is 0 Å². The van der Waals surface area contributed by atoms with Crippen LogP contribution in [0.5, 0.6) is 0 Å². The first-order chi connectivity index (χ1) is 9.43. The number of nitrogens with one attached hydrogen (secondary N) is 1. The van der Waals surface area contributed by atoms with E-state index in [-0.39, 0.29) is 0 Å². The van der Waals surface area contributed by atoms with Crippen molar-refractivity contribution in [2.45, 2.75) is 6.54 Å². The molecule has 0 aliphatic carbocycles. The minimum Gasteiger partial charge on any atom is -0.314 e. The van der Waals surface area contributed by atoms with Crippen LogP contribution < -0.4 is 5.32 Å². The fraction of sp³-hybridized carbons (Fsp3) is 0.333. The van der Waals surface area contributed by atoms with Gasteiger partial charge in [0.1, 0.15) is 0 Å². The van der Waals surface area contributed by atoms with Gasteiger partial charge in [0.25, 0.3) is 0 Å². The van der Waals surface area contributed by atoms with E-state index >= 15 is 0 Å². The smallest absolute Gasteiger partial charge is 0.159 e. The van der Waals surface area contributed by atoms with E-state index in [0.29, 0.717) is 0 Å². The third-order valence-corrected chi connectivity index (χ3v) is 3.34. The van der Waals surface area contributed by atoms with Gasteiger partial charge in [0, 0.05) is 50.7 Å². The molecule has 1 N–H and O–H groups in total. The van der Waals surface area contributed by atoms with E-state index in [1.807, 2.05) is 18.2 Å². The normalized spacial score (nSPS) is 16.4. The molecule has 3 rings (SSSR count). The second-order valence-electron chi connectivity index (χ2n) is 4.66. The molecule has 0 atom stereocenters. The summed E-state index contributed by atoms with van der Waals surface area (Å²) in [7, 11) is 0. The average molecular weight is 253 g/mol. The zero-order chi connectivity index (χ0) is 12.9. The van der Waals surface area contributed by atoms with Gasteiger partial charge in [-0.1, -0.05) is 18.2 Å². The Labute approximate surface area is 113 Å². The zero-order valence-corrected chi connectivity index (χ0v) is 10.8. The molecule has 1 saturated heterocycles. The summed E-state index contributed by atoms with van der Waals surface area (Å²) in [6.07, 6.45) is 3.56. The van der Waals surface area contributed by atoms with Crippen LogP contribution in [0.1, 0.15) is 5.56 Å². The molecule has 1 fully saturated rings. The van der Waals surface area contributed by atoms with Crippen LogP contribution in [0.4, 0.5) is 0 Å². The zero-order valence-electron chi connectivity index (χ0n) is 10.8. The topological polar surface area (TPSA) is 41.1 Å². The second kappa shape index (κ2) is 5.91. The largest absolute Gasteiger partial charge is 0.314 e. The fourth-order valence-corrected chi connectivity index (χ4v) is 2.34. The fourth-order valence-electron chi connectivity index (χ4n) is 2.34. The van der Waals surface area contributed by atoms with Crippen molar-refractivity contribution in [2.24, 2.45) is 0 Å². The minimum atomic E-state index is 0.782. The molecule has 2 heterocycles. The molecule has 97 valence electrons. The molecule has 0 amide bonds. The molecule has 1 aromatic carbocycles. The molecule has 4 heteroatoms. The summed E-state index contributed by atoms with van der Waals surface area (Å²) in [5, 5.41) is 3.37. The predicted molar refractivity (Wildman–Crippen MR) is 74.5 cm³/mol. The summed E-state index contributed by atoms with van der Waals surface area (Å²) in [6.45, 7) is 5.19. The van der Waals surface area contributed by atoms with Crippen LogP contribution in [-0.4, -0.2) is 41.0 Å². The van der Waals surface area contributed by atoms with E-state index in [0.717, 1.165) is 44.1 Å². The lowest BCUT2D eigenvalue weighted by Gasteiger charge is -2.27. The van der Waals surface area contributed by atoms with Crippen molar-refractivity contribution in [3.05, 3.63) is 48.3 Å². The molecule has 1 aliphatic heterocycles. The molecule has 1 aromatic heterocycles. The Morgan fingerprint density at radius 1 is 1.16 bits per heavy atom. The Hall–Kier alpha value is -1.78. The van der Waals surface area contributed by atoms with Crippen LogP contribution in [0.25, 0.3) is 11.4 Å². The van der Waals surface area contributed by atoms with Crippen molar-refractivity contribution in [1.82, 2.24) is 20.2 Å². The van der Waals surface area contributed by atoms with Crippen LogP contribution in [0.15, 0.2) is 36.7 Å². The third kappa shape index (κ3) is 2.97. The van der Waals surface area contributed by atoms with Crippen molar-refractivity contribution >= 4 is 0 Å². The van der Waals surface area contributed by atoms with Gasteiger partial charge >= 0.3 is 0 Å². The van der Waals surface area contributed by atoms with Crippen LogP contribution in [0, 0.1) is 6.07 Å². The standard InChI is InChI=1S/C15H17N4/c1-2-5-14(15-17-6-3-7-18-15)13(4-1)12-19-10-8-16-9-11-19/h1-3,5-7,16H,8-12H2. The Morgan fingerprint density at radius 2 is 1.95 bits per heavy atom. The van der Waals surface area contributed by atoms with E-state index in [1.54, 1.807) is 12.4 Å². The molecule has 0 saturated carbocycles. The summed E-state index contributed by atoms with van der Waals surface area (Å²) in [4.78, 5) is 11.1. The van der Waals surface area contributed by atoms with Crippen molar-refractivity contribution in [2.75, 3.05) is 26.2 Å². The van der Waals surface area contributed by atoms with E-state index < -0.39 is 0 Å². The lowest BCUT2D eigenvalue weighted by molar-refractivity contribution is 0.233. The second-order valence-corrected chi connectivity index (χ2v) is 4.66. The van der Waals surface area contributed by atoms with Gasteiger partial charge in [-0.3, -0.25) is 4.90 Å². The van der Waals surface area contributed by atoms with Gasteiger partial charge in [0.15, 0.2) is 5.82 Å². The molecule has 4 nitrogen and oxygen atoms in total. The van der Waals surface area contributed by atoms with Gasteiger partial charge < -0.3 is 5.32 Å². The number of nitrogens with zero attached hydrogens (tertiary/aromatic N) is 3. The molecule has 0 unspecified atom stereocenters. The molecule has 1 radical (unpaired) electrons. The molecule has 1 aliphatic rings. The van der Waals surface area contributed by atoms with E-state index in [9.17, 15) is 0 Å². The molecule has 0 bridgehead atoms. The first-order valence-electron chi connectivity index (χ1n) is 6.63. The van der Waals surface area contributed by atoms with Crippen LogP contribution in [-0.2, 0) is 6.54 Å². The highest BCUT2D eigenvalue weighted by molar-refractivity contribution is 5.59. The van der Waals surface area contributed by atoms with Crippen LogP contribution >= 0.6 is 0 Å². The van der Waals surface area contributed by atoms with Crippen molar-refractivity contribution in [3.63, 3.8) is 0 Å². The minimum absolute atomic E-state index is 0.782. The summed E-state index contributed by atoms with van der Waals surface area (Å²) in [5.41, 5.74) is 2.26.